The molecule has 0 radical (unpaired) electrons. The van der Waals surface area contributed by atoms with Crippen LogP contribution in [0.25, 0.3) is 11.3 Å². The summed E-state index contributed by atoms with van der Waals surface area (Å²) in [5.41, 5.74) is 2.86. The number of hydrogen-bond acceptors (Lipinski definition) is 5. The standard InChI is InChI=1S/C23H24N6O3/c30-21(14-17-4-2-1-3-5-17)25-16-22(31)28-10-12-29(13-11-28)23(32)20-15-19(26-27-20)18-6-8-24-9-7-18/h1-9,15H,10-14,16H2,(H,25,30)(H,26,27). The Hall–Kier alpha value is -4.01. The van der Waals surface area contributed by atoms with Crippen molar-refractivity contribution in [2.24, 2.45) is 0 Å². The number of nitrogens with zero attached hydrogens (tertiary/aromatic N) is 4. The van der Waals surface area contributed by atoms with Crippen molar-refractivity contribution in [3.05, 3.63) is 72.2 Å². The van der Waals surface area contributed by atoms with Crippen LogP contribution >= 0.6 is 0 Å². The molecule has 32 heavy (non-hydrogen) atoms. The summed E-state index contributed by atoms with van der Waals surface area (Å²) in [6, 6.07) is 14.8. The monoisotopic (exact) mass is 432 g/mol. The van der Waals surface area contributed by atoms with E-state index in [2.05, 4.69) is 20.5 Å². The van der Waals surface area contributed by atoms with Crippen molar-refractivity contribution in [2.75, 3.05) is 32.7 Å². The zero-order valence-electron chi connectivity index (χ0n) is 17.5. The molecule has 2 N–H and O–H groups in total. The van der Waals surface area contributed by atoms with E-state index < -0.39 is 0 Å². The molecule has 1 aliphatic rings. The number of H-pyrrole nitrogens is 1. The van der Waals surface area contributed by atoms with Crippen molar-refractivity contribution in [3.8, 4) is 11.3 Å². The van der Waals surface area contributed by atoms with Crippen molar-refractivity contribution in [1.29, 1.82) is 0 Å². The maximum Gasteiger partial charge on any atom is 0.272 e. The predicted octanol–water partition coefficient (Wildman–Crippen LogP) is 1.11. The molecule has 2 aromatic heterocycles. The molecule has 164 valence electrons. The number of amides is 3. The number of aromatic nitrogens is 3. The number of benzene rings is 1. The Morgan fingerprint density at radius 3 is 2.34 bits per heavy atom. The van der Waals surface area contributed by atoms with Gasteiger partial charge in [-0.3, -0.25) is 24.5 Å². The molecule has 1 saturated heterocycles. The summed E-state index contributed by atoms with van der Waals surface area (Å²) in [4.78, 5) is 44.6. The summed E-state index contributed by atoms with van der Waals surface area (Å²) in [5, 5.41) is 9.69. The first-order valence-electron chi connectivity index (χ1n) is 10.4. The van der Waals surface area contributed by atoms with Gasteiger partial charge in [0.25, 0.3) is 5.91 Å². The average Bonchev–Trinajstić information content (AvgIpc) is 3.34. The van der Waals surface area contributed by atoms with Crippen LogP contribution in [0, 0.1) is 0 Å². The van der Waals surface area contributed by atoms with Gasteiger partial charge < -0.3 is 15.1 Å². The van der Waals surface area contributed by atoms with Gasteiger partial charge in [-0.15, -0.1) is 0 Å². The molecule has 0 aliphatic carbocycles. The zero-order chi connectivity index (χ0) is 22.3. The minimum Gasteiger partial charge on any atom is -0.347 e. The van der Waals surface area contributed by atoms with Crippen LogP contribution in [-0.4, -0.2) is 75.4 Å². The number of hydrogen-bond donors (Lipinski definition) is 2. The van der Waals surface area contributed by atoms with Crippen LogP contribution in [0.3, 0.4) is 0 Å². The van der Waals surface area contributed by atoms with Gasteiger partial charge >= 0.3 is 0 Å². The third-order valence-corrected chi connectivity index (χ3v) is 5.35. The first-order chi connectivity index (χ1) is 15.6. The van der Waals surface area contributed by atoms with Crippen molar-refractivity contribution in [3.63, 3.8) is 0 Å². The molecule has 3 aromatic rings. The van der Waals surface area contributed by atoms with Crippen molar-refractivity contribution in [2.45, 2.75) is 6.42 Å². The topological polar surface area (TPSA) is 111 Å². The van der Waals surface area contributed by atoms with E-state index in [0.717, 1.165) is 11.1 Å². The lowest BCUT2D eigenvalue weighted by Gasteiger charge is -2.34. The number of carbonyl (C=O) groups excluding carboxylic acids is 3. The van der Waals surface area contributed by atoms with E-state index in [1.807, 2.05) is 42.5 Å². The molecular weight excluding hydrogens is 408 g/mol. The highest BCUT2D eigenvalue weighted by Gasteiger charge is 2.26. The van der Waals surface area contributed by atoms with Crippen molar-refractivity contribution in [1.82, 2.24) is 30.3 Å². The van der Waals surface area contributed by atoms with Gasteiger partial charge in [0.2, 0.25) is 11.8 Å². The van der Waals surface area contributed by atoms with Gasteiger partial charge in [0.15, 0.2) is 0 Å². The summed E-state index contributed by atoms with van der Waals surface area (Å²) in [5.74, 6) is -0.497. The summed E-state index contributed by atoms with van der Waals surface area (Å²) >= 11 is 0. The van der Waals surface area contributed by atoms with Gasteiger partial charge in [-0.2, -0.15) is 5.10 Å². The number of piperazine rings is 1. The second-order valence-electron chi connectivity index (χ2n) is 7.51. The van der Waals surface area contributed by atoms with Gasteiger partial charge in [-0.05, 0) is 23.8 Å². The van der Waals surface area contributed by atoms with Crippen LogP contribution in [0.15, 0.2) is 60.9 Å². The number of nitrogens with one attached hydrogen (secondary N) is 2. The number of rotatable bonds is 6. The molecule has 0 spiro atoms. The second-order valence-corrected chi connectivity index (χ2v) is 7.51. The first kappa shape index (κ1) is 21.2. The molecule has 4 rings (SSSR count). The van der Waals surface area contributed by atoms with E-state index in [4.69, 9.17) is 0 Å². The fourth-order valence-electron chi connectivity index (χ4n) is 3.56. The fourth-order valence-corrected chi connectivity index (χ4v) is 3.56. The van der Waals surface area contributed by atoms with Gasteiger partial charge in [0.05, 0.1) is 18.7 Å². The lowest BCUT2D eigenvalue weighted by Crippen LogP contribution is -2.52. The van der Waals surface area contributed by atoms with Crippen molar-refractivity contribution < 1.29 is 14.4 Å². The Bertz CT molecular complexity index is 1080. The van der Waals surface area contributed by atoms with Crippen LogP contribution in [-0.2, 0) is 16.0 Å². The molecule has 0 atom stereocenters. The molecule has 1 aliphatic heterocycles. The maximum atomic E-state index is 12.8. The first-order valence-corrected chi connectivity index (χ1v) is 10.4. The van der Waals surface area contributed by atoms with Crippen molar-refractivity contribution >= 4 is 17.7 Å². The second kappa shape index (κ2) is 9.86. The molecule has 1 aromatic carbocycles. The Morgan fingerprint density at radius 1 is 0.938 bits per heavy atom. The maximum absolute atomic E-state index is 12.8. The third-order valence-electron chi connectivity index (χ3n) is 5.35. The van der Waals surface area contributed by atoms with Crippen LogP contribution in [0.5, 0.6) is 0 Å². The normalized spacial score (nSPS) is 13.6. The highest BCUT2D eigenvalue weighted by molar-refractivity contribution is 5.93. The molecule has 9 heteroatoms. The van der Waals surface area contributed by atoms with E-state index in [0.29, 0.717) is 37.6 Å². The molecule has 3 heterocycles. The summed E-state index contributed by atoms with van der Waals surface area (Å²) in [6.45, 7) is 1.64. The Balaban J connectivity index is 1.24. The lowest BCUT2D eigenvalue weighted by molar-refractivity contribution is -0.133. The summed E-state index contributed by atoms with van der Waals surface area (Å²) in [7, 11) is 0. The SMILES string of the molecule is O=C(Cc1ccccc1)NCC(=O)N1CCN(C(=O)c2cc(-c3ccncc3)n[nH]2)CC1. The van der Waals surface area contributed by atoms with Gasteiger partial charge in [-0.1, -0.05) is 30.3 Å². The molecule has 0 bridgehead atoms. The molecular formula is C23H24N6O3. The Morgan fingerprint density at radius 2 is 1.62 bits per heavy atom. The quantitative estimate of drug-likeness (QED) is 0.606. The fraction of sp³-hybridized carbons (Fsp3) is 0.261. The minimum atomic E-state index is -0.192. The van der Waals surface area contributed by atoms with E-state index in [9.17, 15) is 14.4 Å². The van der Waals surface area contributed by atoms with Gasteiger partial charge in [0, 0.05) is 44.1 Å². The Labute approximate surface area is 185 Å². The largest absolute Gasteiger partial charge is 0.347 e. The molecule has 0 unspecified atom stereocenters. The highest BCUT2D eigenvalue weighted by atomic mass is 16.2. The Kier molecular flexibility index (Phi) is 6.54. The van der Waals surface area contributed by atoms with E-state index in [1.165, 1.54) is 0 Å². The predicted molar refractivity (Wildman–Crippen MR) is 117 cm³/mol. The summed E-state index contributed by atoms with van der Waals surface area (Å²) < 4.78 is 0. The van der Waals surface area contributed by atoms with E-state index >= 15 is 0 Å². The molecule has 9 nitrogen and oxygen atoms in total. The average molecular weight is 432 g/mol. The number of carbonyl (C=O) groups is 3. The van der Waals surface area contributed by atoms with Crippen LogP contribution in [0.4, 0.5) is 0 Å². The van der Waals surface area contributed by atoms with Crippen LogP contribution in [0.2, 0.25) is 0 Å². The zero-order valence-corrected chi connectivity index (χ0v) is 17.5. The van der Waals surface area contributed by atoms with Crippen LogP contribution < -0.4 is 5.32 Å². The number of pyridine rings is 1. The molecule has 1 fully saturated rings. The minimum absolute atomic E-state index is 0.0462. The van der Waals surface area contributed by atoms with Gasteiger partial charge in [0.1, 0.15) is 5.69 Å². The smallest absolute Gasteiger partial charge is 0.272 e. The van der Waals surface area contributed by atoms with E-state index in [1.54, 1.807) is 28.3 Å². The number of aromatic amines is 1. The lowest BCUT2D eigenvalue weighted by atomic mass is 10.1. The van der Waals surface area contributed by atoms with E-state index in [-0.39, 0.29) is 30.7 Å². The van der Waals surface area contributed by atoms with Crippen LogP contribution in [0.1, 0.15) is 16.1 Å². The molecule has 3 amide bonds. The third kappa shape index (κ3) is 5.18. The summed E-state index contributed by atoms with van der Waals surface area (Å²) in [6.07, 6.45) is 3.58. The van der Waals surface area contributed by atoms with Gasteiger partial charge in [-0.25, -0.2) is 0 Å². The molecule has 0 saturated carbocycles. The highest BCUT2D eigenvalue weighted by Crippen LogP contribution is 2.17.